The average molecular weight is 461 g/mol. The summed E-state index contributed by atoms with van der Waals surface area (Å²) in [5, 5.41) is 2.82. The summed E-state index contributed by atoms with van der Waals surface area (Å²) < 4.78 is 34.3. The minimum Gasteiger partial charge on any atom is -0.484 e. The van der Waals surface area contributed by atoms with Crippen molar-refractivity contribution in [3.63, 3.8) is 0 Å². The molecule has 33 heavy (non-hydrogen) atoms. The molecule has 0 bridgehead atoms. The maximum absolute atomic E-state index is 12.6. The smallest absolute Gasteiger partial charge is 0.387 e. The summed E-state index contributed by atoms with van der Waals surface area (Å²) in [6, 6.07) is 13.4. The lowest BCUT2D eigenvalue weighted by atomic mass is 9.97. The number of benzene rings is 2. The van der Waals surface area contributed by atoms with E-state index in [1.807, 2.05) is 4.90 Å². The first-order chi connectivity index (χ1) is 15.8. The Balaban J connectivity index is 1.42. The fraction of sp³-hybridized carbons (Fsp3) is 0.440. The molecule has 0 radical (unpaired) electrons. The minimum absolute atomic E-state index is 0.0229. The van der Waals surface area contributed by atoms with Crippen LogP contribution in [0.4, 0.5) is 8.78 Å². The summed E-state index contributed by atoms with van der Waals surface area (Å²) in [6.07, 6.45) is 3.72. The van der Waals surface area contributed by atoms with E-state index in [-0.39, 0.29) is 36.3 Å². The first-order valence-electron chi connectivity index (χ1n) is 11.2. The fourth-order valence-corrected chi connectivity index (χ4v) is 4.10. The largest absolute Gasteiger partial charge is 0.484 e. The molecule has 2 aromatic carbocycles. The van der Waals surface area contributed by atoms with Crippen LogP contribution >= 0.6 is 0 Å². The topological polar surface area (TPSA) is 67.9 Å². The Kier molecular flexibility index (Phi) is 8.63. The Morgan fingerprint density at radius 3 is 2.21 bits per heavy atom. The van der Waals surface area contributed by atoms with Crippen LogP contribution in [0.5, 0.6) is 11.5 Å². The lowest BCUT2D eigenvalue weighted by Gasteiger charge is -2.38. The van der Waals surface area contributed by atoms with Crippen molar-refractivity contribution in [2.45, 2.75) is 58.2 Å². The number of hydrogen-bond donors (Lipinski definition) is 1. The molecule has 0 saturated carbocycles. The van der Waals surface area contributed by atoms with Gasteiger partial charge in [0.15, 0.2) is 6.61 Å². The van der Waals surface area contributed by atoms with Crippen molar-refractivity contribution in [2.24, 2.45) is 0 Å². The molecule has 1 heterocycles. The zero-order valence-corrected chi connectivity index (χ0v) is 18.9. The SMILES string of the molecule is CC1CCCC(C)N1C(=O)COc1ccc(C(=O)NCCc2ccc(OC(F)F)cc2)cc1. The second-order valence-electron chi connectivity index (χ2n) is 8.27. The van der Waals surface area contributed by atoms with Crippen molar-refractivity contribution in [3.05, 3.63) is 59.7 Å². The summed E-state index contributed by atoms with van der Waals surface area (Å²) in [6.45, 7) is 1.65. The Labute approximate surface area is 192 Å². The monoisotopic (exact) mass is 460 g/mol. The number of piperidine rings is 1. The first kappa shape index (κ1) is 24.5. The predicted octanol–water partition coefficient (Wildman–Crippen LogP) is 4.43. The van der Waals surface area contributed by atoms with Gasteiger partial charge in [0, 0.05) is 24.2 Å². The number of ether oxygens (including phenoxy) is 2. The van der Waals surface area contributed by atoms with Gasteiger partial charge in [0.05, 0.1) is 0 Å². The van der Waals surface area contributed by atoms with Gasteiger partial charge in [0.1, 0.15) is 11.5 Å². The normalized spacial score (nSPS) is 18.2. The molecule has 2 atom stereocenters. The van der Waals surface area contributed by atoms with Crippen LogP contribution in [-0.2, 0) is 11.2 Å². The number of hydrogen-bond acceptors (Lipinski definition) is 4. The van der Waals surface area contributed by atoms with E-state index >= 15 is 0 Å². The number of rotatable bonds is 9. The highest BCUT2D eigenvalue weighted by atomic mass is 19.3. The van der Waals surface area contributed by atoms with Crippen LogP contribution in [-0.4, -0.2) is 48.6 Å². The van der Waals surface area contributed by atoms with E-state index in [0.717, 1.165) is 24.8 Å². The van der Waals surface area contributed by atoms with Crippen LogP contribution in [0.1, 0.15) is 49.0 Å². The molecule has 0 aromatic heterocycles. The van der Waals surface area contributed by atoms with Gasteiger partial charge in [-0.05, 0) is 81.5 Å². The molecule has 178 valence electrons. The number of nitrogens with one attached hydrogen (secondary N) is 1. The molecule has 8 heteroatoms. The van der Waals surface area contributed by atoms with Crippen molar-refractivity contribution in [1.82, 2.24) is 10.2 Å². The highest BCUT2D eigenvalue weighted by molar-refractivity contribution is 5.94. The molecular weight excluding hydrogens is 430 g/mol. The highest BCUT2D eigenvalue weighted by Gasteiger charge is 2.28. The molecule has 6 nitrogen and oxygen atoms in total. The van der Waals surface area contributed by atoms with E-state index in [0.29, 0.717) is 24.3 Å². The zero-order chi connectivity index (χ0) is 23.8. The van der Waals surface area contributed by atoms with Crippen molar-refractivity contribution in [1.29, 1.82) is 0 Å². The quantitative estimate of drug-likeness (QED) is 0.601. The lowest BCUT2D eigenvalue weighted by molar-refractivity contribution is -0.139. The minimum atomic E-state index is -2.85. The molecule has 2 amide bonds. The average Bonchev–Trinajstić information content (AvgIpc) is 2.78. The number of nitrogens with zero attached hydrogens (tertiary/aromatic N) is 1. The molecule has 0 aliphatic carbocycles. The fourth-order valence-electron chi connectivity index (χ4n) is 4.10. The molecule has 0 spiro atoms. The Hall–Kier alpha value is -3.16. The van der Waals surface area contributed by atoms with Crippen LogP contribution in [0.25, 0.3) is 0 Å². The predicted molar refractivity (Wildman–Crippen MR) is 121 cm³/mol. The van der Waals surface area contributed by atoms with Crippen LogP contribution in [0.3, 0.4) is 0 Å². The molecule has 1 saturated heterocycles. The number of carbonyl (C=O) groups is 2. The van der Waals surface area contributed by atoms with Crippen LogP contribution in [0, 0.1) is 0 Å². The summed E-state index contributed by atoms with van der Waals surface area (Å²) in [7, 11) is 0. The van der Waals surface area contributed by atoms with E-state index in [1.165, 1.54) is 12.1 Å². The number of halogens is 2. The molecule has 1 fully saturated rings. The van der Waals surface area contributed by atoms with E-state index in [1.54, 1.807) is 36.4 Å². The van der Waals surface area contributed by atoms with Gasteiger partial charge in [-0.3, -0.25) is 9.59 Å². The lowest BCUT2D eigenvalue weighted by Crippen LogP contribution is -2.49. The van der Waals surface area contributed by atoms with Gasteiger partial charge in [0.25, 0.3) is 11.8 Å². The van der Waals surface area contributed by atoms with Crippen LogP contribution in [0.15, 0.2) is 48.5 Å². The highest BCUT2D eigenvalue weighted by Crippen LogP contribution is 2.23. The van der Waals surface area contributed by atoms with Crippen LogP contribution in [0.2, 0.25) is 0 Å². The summed E-state index contributed by atoms with van der Waals surface area (Å²) in [5.41, 5.74) is 1.37. The Morgan fingerprint density at radius 2 is 1.61 bits per heavy atom. The van der Waals surface area contributed by atoms with Crippen molar-refractivity contribution < 1.29 is 27.8 Å². The molecule has 1 N–H and O–H groups in total. The third-order valence-electron chi connectivity index (χ3n) is 5.81. The molecule has 2 unspecified atom stereocenters. The molecule has 1 aliphatic rings. The van der Waals surface area contributed by atoms with Gasteiger partial charge in [0.2, 0.25) is 0 Å². The number of carbonyl (C=O) groups excluding carboxylic acids is 2. The zero-order valence-electron chi connectivity index (χ0n) is 18.9. The van der Waals surface area contributed by atoms with Crippen molar-refractivity contribution in [2.75, 3.05) is 13.2 Å². The number of amides is 2. The standard InChI is InChI=1S/C25H30F2N2O4/c1-17-4-3-5-18(2)29(17)23(30)16-32-21-12-8-20(9-13-21)24(31)28-15-14-19-6-10-22(11-7-19)33-25(26)27/h6-13,17-18,25H,3-5,14-16H2,1-2H3,(H,28,31). The number of alkyl halides is 2. The summed E-state index contributed by atoms with van der Waals surface area (Å²) in [5.74, 6) is 0.377. The third kappa shape index (κ3) is 7.17. The van der Waals surface area contributed by atoms with Crippen molar-refractivity contribution >= 4 is 11.8 Å². The van der Waals surface area contributed by atoms with Crippen molar-refractivity contribution in [3.8, 4) is 11.5 Å². The molecule has 3 rings (SSSR count). The number of likely N-dealkylation sites (tertiary alicyclic amines) is 1. The first-order valence-corrected chi connectivity index (χ1v) is 11.2. The second-order valence-corrected chi connectivity index (χ2v) is 8.27. The van der Waals surface area contributed by atoms with Crippen LogP contribution < -0.4 is 14.8 Å². The van der Waals surface area contributed by atoms with Gasteiger partial charge in [-0.15, -0.1) is 0 Å². The molecule has 2 aromatic rings. The van der Waals surface area contributed by atoms with E-state index in [4.69, 9.17) is 4.74 Å². The van der Waals surface area contributed by atoms with Gasteiger partial charge >= 0.3 is 6.61 Å². The van der Waals surface area contributed by atoms with E-state index < -0.39 is 6.61 Å². The second kappa shape index (κ2) is 11.6. The summed E-state index contributed by atoms with van der Waals surface area (Å²) >= 11 is 0. The molecule has 1 aliphatic heterocycles. The summed E-state index contributed by atoms with van der Waals surface area (Å²) in [4.78, 5) is 26.8. The third-order valence-corrected chi connectivity index (χ3v) is 5.81. The Morgan fingerprint density at radius 1 is 1.00 bits per heavy atom. The van der Waals surface area contributed by atoms with Gasteiger partial charge < -0.3 is 19.7 Å². The maximum Gasteiger partial charge on any atom is 0.387 e. The molecular formula is C25H30F2N2O4. The van der Waals surface area contributed by atoms with Gasteiger partial charge in [-0.1, -0.05) is 12.1 Å². The van der Waals surface area contributed by atoms with Gasteiger partial charge in [-0.25, -0.2) is 0 Å². The maximum atomic E-state index is 12.6. The van der Waals surface area contributed by atoms with Gasteiger partial charge in [-0.2, -0.15) is 8.78 Å². The van der Waals surface area contributed by atoms with E-state index in [9.17, 15) is 18.4 Å². The Bertz CT molecular complexity index is 909. The van der Waals surface area contributed by atoms with E-state index in [2.05, 4.69) is 23.9 Å².